The molecule has 2 unspecified atom stereocenters. The highest BCUT2D eigenvalue weighted by atomic mass is 35.5. The fraction of sp³-hybridized carbons (Fsp3) is 0.609. The van der Waals surface area contributed by atoms with Gasteiger partial charge < -0.3 is 30.0 Å². The van der Waals surface area contributed by atoms with Gasteiger partial charge in [-0.05, 0) is 94.5 Å². The van der Waals surface area contributed by atoms with E-state index in [1.54, 1.807) is 6.92 Å². The van der Waals surface area contributed by atoms with Gasteiger partial charge in [0.15, 0.2) is 8.32 Å². The molecule has 2 aliphatic carbocycles. The number of ether oxygens (including phenoxy) is 1. The van der Waals surface area contributed by atoms with Gasteiger partial charge >= 0.3 is 20.6 Å². The molecule has 0 aromatic carbocycles. The van der Waals surface area contributed by atoms with Gasteiger partial charge in [0, 0.05) is 54.7 Å². The predicted molar refractivity (Wildman–Crippen MR) is 287 cm³/mol. The number of ketones is 2. The number of halogens is 2. The van der Waals surface area contributed by atoms with E-state index >= 15 is 0 Å². The lowest BCUT2D eigenvalue weighted by molar-refractivity contribution is 0.100. The summed E-state index contributed by atoms with van der Waals surface area (Å²) in [4.78, 5) is 43.8. The van der Waals surface area contributed by atoms with Crippen LogP contribution in [-0.2, 0) is 38.1 Å². The molecule has 408 valence electrons. The monoisotopic (exact) mass is 1150 g/mol. The van der Waals surface area contributed by atoms with Gasteiger partial charge in [-0.3, -0.25) is 18.0 Å². The maximum atomic E-state index is 13.5. The predicted octanol–water partition coefficient (Wildman–Crippen LogP) is 8.23. The number of anilines is 2. The second-order valence-corrected chi connectivity index (χ2v) is 30.2. The van der Waals surface area contributed by atoms with E-state index in [9.17, 15) is 36.6 Å². The van der Waals surface area contributed by atoms with Crippen molar-refractivity contribution in [1.82, 2.24) is 19.9 Å². The number of nitrogens with two attached hydrogens (primary N) is 2. The van der Waals surface area contributed by atoms with E-state index in [2.05, 4.69) is 68.6 Å². The number of carbonyl (C=O) groups is 2. The van der Waals surface area contributed by atoms with Crippen LogP contribution in [0.5, 0.6) is 0 Å². The van der Waals surface area contributed by atoms with Crippen LogP contribution < -0.4 is 20.9 Å². The Balaban J connectivity index is 0.000000289. The topological polar surface area (TPSA) is 307 Å². The minimum Gasteiger partial charge on any atom is -0.410 e. The Hall–Kier alpha value is -3.12. The molecule has 4 aromatic heterocycles. The minimum atomic E-state index is -4.09. The van der Waals surface area contributed by atoms with Crippen molar-refractivity contribution in [2.75, 3.05) is 37.1 Å². The molecule has 8 N–H and O–H groups in total. The maximum absolute atomic E-state index is 13.5. The Bertz CT molecular complexity index is 2700. The summed E-state index contributed by atoms with van der Waals surface area (Å²) >= 11 is 15.0. The largest absolute Gasteiger partial charge is 0.410 e. The van der Waals surface area contributed by atoms with Gasteiger partial charge in [-0.25, -0.2) is 30.2 Å². The van der Waals surface area contributed by atoms with E-state index in [1.165, 1.54) is 55.3 Å². The second-order valence-electron chi connectivity index (χ2n) is 19.7. The Kier molecular flexibility index (Phi) is 22.9. The molecule has 4 aromatic rings. The van der Waals surface area contributed by atoms with E-state index < -0.39 is 47.1 Å². The fourth-order valence-corrected chi connectivity index (χ4v) is 12.9. The minimum absolute atomic E-state index is 0. The summed E-state index contributed by atoms with van der Waals surface area (Å²) in [7, 11) is -10.1. The zero-order valence-corrected chi connectivity index (χ0v) is 47.2. The number of aliphatic hydroxyl groups excluding tert-OH is 2. The molecule has 3 aliphatic rings. The summed E-state index contributed by atoms with van der Waals surface area (Å²) < 4.78 is 66.0. The molecule has 0 amide bonds. The Morgan fingerprint density at radius 1 is 0.822 bits per heavy atom. The highest BCUT2D eigenvalue weighted by Gasteiger charge is 2.40. The normalized spacial score (nSPS) is 22.0. The molecule has 5 heterocycles. The highest BCUT2D eigenvalue weighted by molar-refractivity contribution is 7.84. The van der Waals surface area contributed by atoms with Crippen molar-refractivity contribution in [2.24, 2.45) is 28.0 Å². The molecule has 7 rings (SSSR count). The van der Waals surface area contributed by atoms with Crippen LogP contribution in [0.3, 0.4) is 0 Å². The van der Waals surface area contributed by atoms with Crippen molar-refractivity contribution in [3.05, 3.63) is 77.9 Å². The number of nitrogens with zero attached hydrogens (tertiary/aromatic N) is 4. The van der Waals surface area contributed by atoms with Crippen molar-refractivity contribution in [3.63, 3.8) is 0 Å². The first-order chi connectivity index (χ1) is 33.5. The fourth-order valence-electron chi connectivity index (χ4n) is 8.07. The van der Waals surface area contributed by atoms with E-state index in [0.717, 1.165) is 36.5 Å². The van der Waals surface area contributed by atoms with Crippen LogP contribution in [0.4, 0.5) is 11.6 Å². The van der Waals surface area contributed by atoms with Crippen molar-refractivity contribution in [2.45, 2.75) is 136 Å². The summed E-state index contributed by atoms with van der Waals surface area (Å²) in [5.74, 6) is -0.0821. The third-order valence-electron chi connectivity index (χ3n) is 13.1. The Labute approximate surface area is 448 Å². The van der Waals surface area contributed by atoms with Gasteiger partial charge in [0.1, 0.15) is 24.3 Å². The molecule has 0 bridgehead atoms. The molecule has 27 heteroatoms. The van der Waals surface area contributed by atoms with Gasteiger partial charge in [0.05, 0.1) is 61.1 Å². The van der Waals surface area contributed by atoms with Gasteiger partial charge in [0.2, 0.25) is 11.6 Å². The smallest absolute Gasteiger partial charge is 0.333 e. The quantitative estimate of drug-likeness (QED) is 0.0403. The van der Waals surface area contributed by atoms with Crippen LogP contribution in [0, 0.1) is 17.8 Å². The summed E-state index contributed by atoms with van der Waals surface area (Å²) in [6.07, 6.45) is 8.40. The molecule has 0 radical (unpaired) electrons. The molecular weight excluding hydrogens is 1080 g/mol. The zero-order valence-electron chi connectivity index (χ0n) is 41.5. The molecule has 2 saturated carbocycles. The van der Waals surface area contributed by atoms with Gasteiger partial charge in [-0.15, -0.1) is 22.7 Å². The SMILES string of the molecule is C.C1CCOC1.CC(O)c1cc(C(=O)c2cncnc2N[C@@H]2C[C@H](COS(N)(=O)=O)[C@@H](O)C2)sc1Cl.CC(O[Si](C)(C)C(C)(C)C)c1cc(C(=O)c2cncnc2N[C@@H]2C[C@H](COS(N)(=O)=O)[C@@H](C)C2)sc1Cl. The molecule has 1 saturated heterocycles. The standard InChI is InChI=1S/C24H37ClN4O5S2Si.C17H21ClN4O6S2.C4H8O.CH4/c1-14-8-17(9-16(14)12-33-36(26,31)32)29-23-19(11-27-13-28-23)21(30)20-10-18(22(25)35-20)15(2)34-37(6,7)24(3,4)5;1-8(23)11-4-14(29-16(11)18)15(25)12-5-20-7-21-17(12)22-10-2-9(13(24)3-10)6-28-30(19,26)27;1-2-4-5-3-1;/h10-11,13-17H,8-9,12H2,1-7H3,(H2,26,31,32)(H,27,28,29);4-5,7-10,13,23-24H,2-3,6H2,1H3,(H2,19,26,27)(H,20,21,22);1-4H2;1H4/t14-,15?,16+,17-;8?,9-,10-,13+;;/m01../s1. The van der Waals surface area contributed by atoms with Crippen LogP contribution >= 0.6 is 45.9 Å². The van der Waals surface area contributed by atoms with E-state index in [4.69, 9.17) is 46.8 Å². The van der Waals surface area contributed by atoms with E-state index in [0.29, 0.717) is 54.6 Å². The third kappa shape index (κ3) is 18.3. The number of aliphatic hydroxyl groups is 2. The zero-order chi connectivity index (χ0) is 53.3. The van der Waals surface area contributed by atoms with Gasteiger partial charge in [0.25, 0.3) is 0 Å². The van der Waals surface area contributed by atoms with Crippen LogP contribution in [0.1, 0.15) is 141 Å². The first-order valence-electron chi connectivity index (χ1n) is 23.3. The summed E-state index contributed by atoms with van der Waals surface area (Å²) in [5.41, 5.74) is 1.83. The number of carbonyl (C=O) groups excluding carboxylic acids is 2. The molecule has 3 fully saturated rings. The van der Waals surface area contributed by atoms with Crippen molar-refractivity contribution < 1.29 is 54.2 Å². The highest BCUT2D eigenvalue weighted by Crippen LogP contribution is 2.43. The number of thiophene rings is 2. The van der Waals surface area contributed by atoms with Gasteiger partial charge in [-0.2, -0.15) is 16.8 Å². The lowest BCUT2D eigenvalue weighted by atomic mass is 10.00. The molecule has 1 aliphatic heterocycles. The summed E-state index contributed by atoms with van der Waals surface area (Å²) in [6.45, 7) is 18.3. The molecule has 73 heavy (non-hydrogen) atoms. The van der Waals surface area contributed by atoms with Crippen LogP contribution in [0.2, 0.25) is 26.8 Å². The molecule has 8 atom stereocenters. The van der Waals surface area contributed by atoms with Crippen LogP contribution in [0.25, 0.3) is 0 Å². The van der Waals surface area contributed by atoms with E-state index in [-0.39, 0.29) is 78.6 Å². The first-order valence-corrected chi connectivity index (χ1v) is 31.5. The Morgan fingerprint density at radius 2 is 1.27 bits per heavy atom. The molecule has 20 nitrogen and oxygen atoms in total. The number of nitrogens with one attached hydrogen (secondary N) is 2. The van der Waals surface area contributed by atoms with Crippen molar-refractivity contribution in [3.8, 4) is 0 Å². The van der Waals surface area contributed by atoms with Crippen molar-refractivity contribution in [1.29, 1.82) is 0 Å². The van der Waals surface area contributed by atoms with E-state index in [1.807, 2.05) is 19.9 Å². The number of hydrogen-bond donors (Lipinski definition) is 6. The summed E-state index contributed by atoms with van der Waals surface area (Å²) in [6, 6.07) is 3.07. The molecular formula is C46H70Cl2N8O12S4Si. The lowest BCUT2D eigenvalue weighted by Crippen LogP contribution is -2.41. The lowest BCUT2D eigenvalue weighted by Gasteiger charge is -2.38. The number of rotatable bonds is 18. The summed E-state index contributed by atoms with van der Waals surface area (Å²) in [5, 5.41) is 36.3. The average molecular weight is 1150 g/mol. The number of aromatic nitrogens is 4. The second kappa shape index (κ2) is 26.8. The third-order valence-corrected chi connectivity index (χ3v) is 21.3. The van der Waals surface area contributed by atoms with Crippen molar-refractivity contribution >= 4 is 98.0 Å². The average Bonchev–Trinajstić information content (AvgIpc) is 4.15. The van der Waals surface area contributed by atoms with Gasteiger partial charge in [-0.1, -0.05) is 58.3 Å². The number of hydrogen-bond acceptors (Lipinski definition) is 20. The Morgan fingerprint density at radius 3 is 1.71 bits per heavy atom. The molecule has 0 spiro atoms. The van der Waals surface area contributed by atoms with Crippen LogP contribution in [0.15, 0.2) is 37.2 Å². The maximum Gasteiger partial charge on any atom is 0.333 e. The first kappa shape index (κ1) is 62.4. The van der Waals surface area contributed by atoms with Crippen LogP contribution in [-0.4, -0.2) is 111 Å².